The van der Waals surface area contributed by atoms with E-state index in [9.17, 15) is 9.59 Å². The molecule has 0 saturated carbocycles. The lowest BCUT2D eigenvalue weighted by Gasteiger charge is -2.19. The Bertz CT molecular complexity index is 839. The summed E-state index contributed by atoms with van der Waals surface area (Å²) < 4.78 is 0. The van der Waals surface area contributed by atoms with Crippen molar-refractivity contribution in [1.82, 2.24) is 5.32 Å². The van der Waals surface area contributed by atoms with Gasteiger partial charge in [0.1, 0.15) is 0 Å². The highest BCUT2D eigenvalue weighted by Crippen LogP contribution is 2.33. The van der Waals surface area contributed by atoms with E-state index in [2.05, 4.69) is 11.4 Å². The van der Waals surface area contributed by atoms with Gasteiger partial charge in [-0.3, -0.25) is 9.59 Å². The molecule has 0 atom stereocenters. The number of aryl methyl sites for hydroxylation is 2. The first kappa shape index (κ1) is 13.1. The summed E-state index contributed by atoms with van der Waals surface area (Å²) in [6.45, 7) is 5.11. The molecule has 0 fully saturated rings. The quantitative estimate of drug-likeness (QED) is 0.878. The molecule has 1 N–H and O–H groups in total. The van der Waals surface area contributed by atoms with Crippen molar-refractivity contribution in [3.05, 3.63) is 63.7 Å². The Labute approximate surface area is 128 Å². The lowest BCUT2D eigenvalue weighted by Crippen LogP contribution is -2.24. The van der Waals surface area contributed by atoms with Gasteiger partial charge in [-0.1, -0.05) is 17.7 Å². The number of anilines is 1. The van der Waals surface area contributed by atoms with E-state index in [-0.39, 0.29) is 11.8 Å². The standard InChI is InChI=1S/C18H16N2O2/c1-10-3-4-14-13(5-10)9-20(18(14)22)16-7-12-8-19-17(21)15(12)6-11(16)2/h3-7H,8-9H2,1-2H3,(H,19,21). The zero-order valence-electron chi connectivity index (χ0n) is 12.6. The summed E-state index contributed by atoms with van der Waals surface area (Å²) in [6.07, 6.45) is 0. The Hall–Kier alpha value is -2.62. The van der Waals surface area contributed by atoms with Gasteiger partial charge in [-0.15, -0.1) is 0 Å². The molecule has 0 spiro atoms. The summed E-state index contributed by atoms with van der Waals surface area (Å²) in [5, 5.41) is 2.82. The van der Waals surface area contributed by atoms with Gasteiger partial charge in [-0.2, -0.15) is 0 Å². The molecule has 2 aliphatic heterocycles. The van der Waals surface area contributed by atoms with Crippen LogP contribution in [0.5, 0.6) is 0 Å². The van der Waals surface area contributed by atoms with Crippen molar-refractivity contribution >= 4 is 17.5 Å². The molecule has 2 heterocycles. The number of nitrogens with zero attached hydrogens (tertiary/aromatic N) is 1. The van der Waals surface area contributed by atoms with Crippen LogP contribution in [-0.4, -0.2) is 11.8 Å². The average molecular weight is 292 g/mol. The van der Waals surface area contributed by atoms with Crippen LogP contribution in [0.25, 0.3) is 0 Å². The van der Waals surface area contributed by atoms with Gasteiger partial charge in [-0.25, -0.2) is 0 Å². The van der Waals surface area contributed by atoms with Gasteiger partial charge in [0.15, 0.2) is 0 Å². The lowest BCUT2D eigenvalue weighted by molar-refractivity contribution is 0.0964. The summed E-state index contributed by atoms with van der Waals surface area (Å²) in [5.74, 6) is 0.00615. The molecular weight excluding hydrogens is 276 g/mol. The van der Waals surface area contributed by atoms with Crippen molar-refractivity contribution in [3.8, 4) is 0 Å². The van der Waals surface area contributed by atoms with Gasteiger partial charge < -0.3 is 10.2 Å². The van der Waals surface area contributed by atoms with E-state index in [1.807, 2.05) is 43.0 Å². The zero-order chi connectivity index (χ0) is 15.4. The van der Waals surface area contributed by atoms with Crippen molar-refractivity contribution in [2.45, 2.75) is 26.9 Å². The van der Waals surface area contributed by atoms with Crippen molar-refractivity contribution < 1.29 is 9.59 Å². The lowest BCUT2D eigenvalue weighted by atomic mass is 10.0. The topological polar surface area (TPSA) is 49.4 Å². The van der Waals surface area contributed by atoms with Gasteiger partial charge >= 0.3 is 0 Å². The highest BCUT2D eigenvalue weighted by molar-refractivity contribution is 6.11. The highest BCUT2D eigenvalue weighted by atomic mass is 16.2. The van der Waals surface area contributed by atoms with E-state index < -0.39 is 0 Å². The minimum Gasteiger partial charge on any atom is -0.348 e. The Morgan fingerprint density at radius 2 is 1.82 bits per heavy atom. The number of carbonyl (C=O) groups excluding carboxylic acids is 2. The first-order valence-corrected chi connectivity index (χ1v) is 7.38. The molecular formula is C18H16N2O2. The number of hydrogen-bond acceptors (Lipinski definition) is 2. The Morgan fingerprint density at radius 1 is 1.00 bits per heavy atom. The molecule has 22 heavy (non-hydrogen) atoms. The van der Waals surface area contributed by atoms with Gasteiger partial charge in [0.2, 0.25) is 0 Å². The van der Waals surface area contributed by atoms with Gasteiger partial charge in [-0.05, 0) is 48.7 Å². The van der Waals surface area contributed by atoms with Crippen molar-refractivity contribution in [3.63, 3.8) is 0 Å². The van der Waals surface area contributed by atoms with Crippen LogP contribution in [0.2, 0.25) is 0 Å². The molecule has 0 saturated heterocycles. The highest BCUT2D eigenvalue weighted by Gasteiger charge is 2.31. The smallest absolute Gasteiger partial charge is 0.258 e. The third-order valence-corrected chi connectivity index (χ3v) is 4.46. The molecule has 0 aliphatic carbocycles. The normalized spacial score (nSPS) is 15.8. The maximum atomic E-state index is 12.7. The van der Waals surface area contributed by atoms with Crippen LogP contribution >= 0.6 is 0 Å². The fourth-order valence-electron chi connectivity index (χ4n) is 3.30. The van der Waals surface area contributed by atoms with Gasteiger partial charge in [0, 0.05) is 23.4 Å². The van der Waals surface area contributed by atoms with Gasteiger partial charge in [0.25, 0.3) is 11.8 Å². The number of fused-ring (bicyclic) bond motifs is 2. The van der Waals surface area contributed by atoms with Gasteiger partial charge in [0.05, 0.1) is 6.54 Å². The first-order valence-electron chi connectivity index (χ1n) is 7.38. The van der Waals surface area contributed by atoms with Crippen LogP contribution in [0.15, 0.2) is 30.3 Å². The minimum atomic E-state index is -0.0312. The molecule has 4 nitrogen and oxygen atoms in total. The van der Waals surface area contributed by atoms with Crippen LogP contribution in [0.4, 0.5) is 5.69 Å². The largest absolute Gasteiger partial charge is 0.348 e. The SMILES string of the molecule is Cc1ccc2c(c1)CN(c1cc3c(cc1C)C(=O)NC3)C2=O. The van der Waals surface area contributed by atoms with E-state index >= 15 is 0 Å². The van der Waals surface area contributed by atoms with E-state index in [4.69, 9.17) is 0 Å². The van der Waals surface area contributed by atoms with E-state index in [1.54, 1.807) is 0 Å². The average Bonchev–Trinajstić information content (AvgIpc) is 2.99. The summed E-state index contributed by atoms with van der Waals surface area (Å²) >= 11 is 0. The molecule has 4 heteroatoms. The molecule has 2 amide bonds. The first-order chi connectivity index (χ1) is 10.5. The second-order valence-electron chi connectivity index (χ2n) is 6.03. The molecule has 0 bridgehead atoms. The third-order valence-electron chi connectivity index (χ3n) is 4.46. The van der Waals surface area contributed by atoms with Crippen LogP contribution in [0.3, 0.4) is 0 Å². The molecule has 2 aromatic rings. The molecule has 2 aromatic carbocycles. The van der Waals surface area contributed by atoms with Crippen LogP contribution in [-0.2, 0) is 13.1 Å². The Balaban J connectivity index is 1.78. The number of benzene rings is 2. The summed E-state index contributed by atoms with van der Waals surface area (Å²) in [4.78, 5) is 26.2. The molecule has 4 rings (SSSR count). The molecule has 0 radical (unpaired) electrons. The molecule has 0 aromatic heterocycles. The molecule has 2 aliphatic rings. The van der Waals surface area contributed by atoms with Crippen molar-refractivity contribution in [1.29, 1.82) is 0 Å². The fourth-order valence-corrected chi connectivity index (χ4v) is 3.30. The van der Waals surface area contributed by atoms with Crippen LogP contribution in [0, 0.1) is 13.8 Å². The molecule has 0 unspecified atom stereocenters. The van der Waals surface area contributed by atoms with Crippen LogP contribution in [0.1, 0.15) is 43.0 Å². The summed E-state index contributed by atoms with van der Waals surface area (Å²) in [5.41, 5.74) is 6.54. The maximum Gasteiger partial charge on any atom is 0.258 e. The summed E-state index contributed by atoms with van der Waals surface area (Å²) in [7, 11) is 0. The minimum absolute atomic E-state index is 0.0312. The van der Waals surface area contributed by atoms with E-state index in [0.717, 1.165) is 39.1 Å². The fraction of sp³-hybridized carbons (Fsp3) is 0.222. The third kappa shape index (κ3) is 1.77. The summed E-state index contributed by atoms with van der Waals surface area (Å²) in [6, 6.07) is 9.80. The predicted octanol–water partition coefficient (Wildman–Crippen LogP) is 2.71. The van der Waals surface area contributed by atoms with E-state index in [0.29, 0.717) is 13.1 Å². The number of rotatable bonds is 1. The van der Waals surface area contributed by atoms with Crippen molar-refractivity contribution in [2.75, 3.05) is 4.90 Å². The monoisotopic (exact) mass is 292 g/mol. The second-order valence-corrected chi connectivity index (χ2v) is 6.03. The number of amides is 2. The Morgan fingerprint density at radius 3 is 2.64 bits per heavy atom. The number of carbonyl (C=O) groups is 2. The molecule has 110 valence electrons. The van der Waals surface area contributed by atoms with Crippen LogP contribution < -0.4 is 10.2 Å². The van der Waals surface area contributed by atoms with Crippen molar-refractivity contribution in [2.24, 2.45) is 0 Å². The van der Waals surface area contributed by atoms with E-state index in [1.165, 1.54) is 0 Å². The maximum absolute atomic E-state index is 12.7. The zero-order valence-corrected chi connectivity index (χ0v) is 12.6. The number of hydrogen-bond donors (Lipinski definition) is 1. The predicted molar refractivity (Wildman–Crippen MR) is 84.0 cm³/mol. The second kappa shape index (κ2) is 4.44. The Kier molecular flexibility index (Phi) is 2.64. The number of nitrogens with one attached hydrogen (secondary N) is 1.